The lowest BCUT2D eigenvalue weighted by atomic mass is 9.98. The number of aliphatic hydroxyl groups excluding tert-OH is 6. The van der Waals surface area contributed by atoms with Crippen LogP contribution in [0.15, 0.2) is 60.7 Å². The van der Waals surface area contributed by atoms with Crippen LogP contribution in [0.2, 0.25) is 0 Å². The predicted octanol–water partition coefficient (Wildman–Crippen LogP) is -1.67. The van der Waals surface area contributed by atoms with Crippen molar-refractivity contribution in [3.05, 3.63) is 71.8 Å². The van der Waals surface area contributed by atoms with Gasteiger partial charge in [-0.25, -0.2) is 9.59 Å². The molecule has 2 fully saturated rings. The molecule has 2 saturated heterocycles. The zero-order chi connectivity index (χ0) is 28.2. The maximum absolute atomic E-state index is 12.7. The topological polar surface area (TPSA) is 202 Å². The highest BCUT2D eigenvalue weighted by molar-refractivity contribution is 5.90. The van der Waals surface area contributed by atoms with E-state index >= 15 is 0 Å². The number of carbonyl (C=O) groups excluding carboxylic acids is 2. The molecule has 6 N–H and O–H groups in total. The van der Waals surface area contributed by atoms with Crippen molar-refractivity contribution in [2.45, 2.75) is 54.8 Å². The van der Waals surface area contributed by atoms with Crippen LogP contribution in [0.1, 0.15) is 20.7 Å². The molecule has 13 heteroatoms. The largest absolute Gasteiger partial charge is 0.453 e. The van der Waals surface area contributed by atoms with Crippen LogP contribution in [0.5, 0.6) is 0 Å². The van der Waals surface area contributed by atoms with Crippen molar-refractivity contribution in [1.82, 2.24) is 0 Å². The van der Waals surface area contributed by atoms with Gasteiger partial charge in [-0.1, -0.05) is 36.4 Å². The van der Waals surface area contributed by atoms with Crippen LogP contribution in [0.25, 0.3) is 0 Å². The van der Waals surface area contributed by atoms with Crippen molar-refractivity contribution in [2.24, 2.45) is 0 Å². The Kier molecular flexibility index (Phi) is 9.27. The number of benzene rings is 2. The van der Waals surface area contributed by atoms with E-state index in [0.29, 0.717) is 0 Å². The zero-order valence-electron chi connectivity index (χ0n) is 20.6. The molecular weight excluding hydrogens is 520 g/mol. The van der Waals surface area contributed by atoms with Gasteiger partial charge in [-0.15, -0.1) is 0 Å². The first kappa shape index (κ1) is 29.0. The minimum atomic E-state index is -2.36. The summed E-state index contributed by atoms with van der Waals surface area (Å²) in [6.07, 6.45) is -13.3. The maximum atomic E-state index is 12.7. The van der Waals surface area contributed by atoms with Gasteiger partial charge in [0.15, 0.2) is 18.5 Å². The minimum absolute atomic E-state index is 0.108. The molecule has 0 aliphatic carbocycles. The Morgan fingerprint density at radius 1 is 0.744 bits per heavy atom. The lowest BCUT2D eigenvalue weighted by Crippen LogP contribution is -2.63. The van der Waals surface area contributed by atoms with Crippen LogP contribution in [-0.2, 0) is 23.7 Å². The molecule has 2 aromatic rings. The van der Waals surface area contributed by atoms with Crippen molar-refractivity contribution in [1.29, 1.82) is 0 Å². The molecule has 39 heavy (non-hydrogen) atoms. The van der Waals surface area contributed by atoms with Crippen LogP contribution in [-0.4, -0.2) is 117 Å². The molecule has 2 aliphatic heterocycles. The third kappa shape index (κ3) is 5.96. The number of esters is 2. The summed E-state index contributed by atoms with van der Waals surface area (Å²) in [4.78, 5) is 25.2. The molecule has 0 unspecified atom stereocenters. The molecule has 0 bridgehead atoms. The van der Waals surface area contributed by atoms with Crippen LogP contribution in [0.4, 0.5) is 0 Å². The molecule has 2 heterocycles. The lowest BCUT2D eigenvalue weighted by molar-refractivity contribution is -0.382. The zero-order valence-corrected chi connectivity index (χ0v) is 20.6. The molecule has 2 aromatic carbocycles. The molecule has 0 radical (unpaired) electrons. The third-order valence-corrected chi connectivity index (χ3v) is 6.51. The van der Waals surface area contributed by atoms with E-state index in [1.165, 1.54) is 24.3 Å². The Balaban J connectivity index is 1.54. The molecule has 0 aromatic heterocycles. The summed E-state index contributed by atoms with van der Waals surface area (Å²) in [6.45, 7) is -2.58. The normalized spacial score (nSPS) is 34.4. The summed E-state index contributed by atoms with van der Waals surface area (Å²) >= 11 is 0. The molecular formula is C26H30O13. The van der Waals surface area contributed by atoms with Crippen LogP contribution < -0.4 is 0 Å². The molecule has 9 atom stereocenters. The van der Waals surface area contributed by atoms with E-state index in [1.807, 2.05) is 0 Å². The van der Waals surface area contributed by atoms with E-state index in [0.717, 1.165) is 0 Å². The predicted molar refractivity (Wildman–Crippen MR) is 128 cm³/mol. The number of hydrogen-bond donors (Lipinski definition) is 6. The Morgan fingerprint density at radius 3 is 1.79 bits per heavy atom. The molecule has 0 spiro atoms. The highest BCUT2D eigenvalue weighted by Gasteiger charge is 2.61. The van der Waals surface area contributed by atoms with Crippen molar-refractivity contribution in [2.75, 3.05) is 19.8 Å². The molecule has 13 nitrogen and oxygen atoms in total. The number of hydrogen-bond acceptors (Lipinski definition) is 13. The summed E-state index contributed by atoms with van der Waals surface area (Å²) in [5.41, 5.74) is 0.261. The second kappa shape index (κ2) is 12.5. The Morgan fingerprint density at radius 2 is 1.28 bits per heavy atom. The number of carbonyl (C=O) groups is 2. The fourth-order valence-electron chi connectivity index (χ4n) is 4.43. The van der Waals surface area contributed by atoms with E-state index in [-0.39, 0.29) is 11.1 Å². The summed E-state index contributed by atoms with van der Waals surface area (Å²) in [7, 11) is 0. The number of ether oxygens (including phenoxy) is 5. The summed E-state index contributed by atoms with van der Waals surface area (Å²) in [6, 6.07) is 15.5. The highest BCUT2D eigenvalue weighted by atomic mass is 16.8. The number of rotatable bonds is 9. The smallest absolute Gasteiger partial charge is 0.338 e. The average molecular weight is 551 g/mol. The average Bonchev–Trinajstić information content (AvgIpc) is 3.23. The Labute approximate surface area is 222 Å². The van der Waals surface area contributed by atoms with E-state index in [1.54, 1.807) is 36.4 Å². The Bertz CT molecular complexity index is 1100. The lowest BCUT2D eigenvalue weighted by Gasteiger charge is -2.44. The van der Waals surface area contributed by atoms with Gasteiger partial charge >= 0.3 is 11.9 Å². The molecule has 0 saturated carbocycles. The first-order valence-corrected chi connectivity index (χ1v) is 12.1. The SMILES string of the molecule is O=C(O[C@H]1[C@H](O)[C@@H](O)[C@@H](O[C@]2(CO)O[C@H](CO)[C@@H](O)[C@@H]2OC(=O)c2ccccc2)O[C@@H]1CO)c1ccccc1. The highest BCUT2D eigenvalue weighted by Crippen LogP contribution is 2.38. The van der Waals surface area contributed by atoms with Gasteiger partial charge in [-0.2, -0.15) is 0 Å². The van der Waals surface area contributed by atoms with Crippen molar-refractivity contribution >= 4 is 11.9 Å². The molecule has 4 rings (SSSR count). The maximum Gasteiger partial charge on any atom is 0.338 e. The van der Waals surface area contributed by atoms with Crippen molar-refractivity contribution in [3.63, 3.8) is 0 Å². The first-order chi connectivity index (χ1) is 18.7. The van der Waals surface area contributed by atoms with Crippen LogP contribution >= 0.6 is 0 Å². The van der Waals surface area contributed by atoms with Crippen LogP contribution in [0, 0.1) is 0 Å². The Hall–Kier alpha value is -2.98. The van der Waals surface area contributed by atoms with E-state index in [9.17, 15) is 40.2 Å². The van der Waals surface area contributed by atoms with Gasteiger partial charge in [-0.3, -0.25) is 0 Å². The molecule has 2 aliphatic rings. The first-order valence-electron chi connectivity index (χ1n) is 12.1. The molecule has 212 valence electrons. The van der Waals surface area contributed by atoms with Gasteiger partial charge in [0.2, 0.25) is 5.79 Å². The van der Waals surface area contributed by atoms with E-state index in [2.05, 4.69) is 0 Å². The van der Waals surface area contributed by atoms with Gasteiger partial charge in [-0.05, 0) is 24.3 Å². The molecule has 0 amide bonds. The second-order valence-corrected chi connectivity index (χ2v) is 9.05. The van der Waals surface area contributed by atoms with E-state index < -0.39 is 86.6 Å². The van der Waals surface area contributed by atoms with Gasteiger partial charge in [0, 0.05) is 0 Å². The summed E-state index contributed by atoms with van der Waals surface area (Å²) in [5.74, 6) is -4.12. The second-order valence-electron chi connectivity index (χ2n) is 9.05. The quantitative estimate of drug-likeness (QED) is 0.194. The number of aliphatic hydroxyl groups is 6. The van der Waals surface area contributed by atoms with E-state index in [4.69, 9.17) is 23.7 Å². The van der Waals surface area contributed by atoms with Gasteiger partial charge in [0.1, 0.15) is 37.1 Å². The standard InChI is InChI=1S/C26H30O13/c27-11-16-18(30)22(37-24(34)15-9-5-2-6-10-15)26(13-29,38-16)39-25-20(32)19(31)21(17(12-28)35-25)36-23(33)14-7-3-1-4-8-14/h1-10,16-22,25,27-32H,11-13H2/t16-,17-,18-,19-,20-,21-,22+,25-,26+/m1/s1. The third-order valence-electron chi connectivity index (χ3n) is 6.51. The van der Waals surface area contributed by atoms with Crippen LogP contribution in [0.3, 0.4) is 0 Å². The summed E-state index contributed by atoms with van der Waals surface area (Å²) < 4.78 is 27.5. The fraction of sp³-hybridized carbons (Fsp3) is 0.462. The van der Waals surface area contributed by atoms with Crippen molar-refractivity contribution in [3.8, 4) is 0 Å². The van der Waals surface area contributed by atoms with Gasteiger partial charge in [0.05, 0.1) is 24.3 Å². The monoisotopic (exact) mass is 550 g/mol. The van der Waals surface area contributed by atoms with Gasteiger partial charge < -0.3 is 54.3 Å². The van der Waals surface area contributed by atoms with Gasteiger partial charge in [0.25, 0.3) is 0 Å². The van der Waals surface area contributed by atoms with Crippen molar-refractivity contribution < 1.29 is 63.9 Å². The summed E-state index contributed by atoms with van der Waals surface area (Å²) in [5, 5.41) is 62.0. The minimum Gasteiger partial charge on any atom is -0.453 e. The fourth-order valence-corrected chi connectivity index (χ4v) is 4.43.